The van der Waals surface area contributed by atoms with Gasteiger partial charge in [0.15, 0.2) is 9.84 Å². The molecule has 3 nitrogen and oxygen atoms in total. The van der Waals surface area contributed by atoms with E-state index in [1.165, 1.54) is 0 Å². The maximum Gasteiger partial charge on any atom is 0.156 e. The predicted molar refractivity (Wildman–Crippen MR) is 52.6 cm³/mol. The number of hydrogen-bond acceptors (Lipinski definition) is 3. The highest BCUT2D eigenvalue weighted by atomic mass is 35.5. The van der Waals surface area contributed by atoms with E-state index in [9.17, 15) is 8.42 Å². The normalized spacial score (nSPS) is 24.1. The van der Waals surface area contributed by atoms with Crippen LogP contribution in [0.25, 0.3) is 0 Å². The quantitative estimate of drug-likeness (QED) is 0.731. The second kappa shape index (κ2) is 4.44. The first-order valence-corrected chi connectivity index (χ1v) is 5.59. The van der Waals surface area contributed by atoms with Gasteiger partial charge in [-0.25, -0.2) is 8.42 Å². The summed E-state index contributed by atoms with van der Waals surface area (Å²) in [4.78, 5) is 0. The summed E-state index contributed by atoms with van der Waals surface area (Å²) in [5, 5.41) is 2.69. The average molecular weight is 214 g/mol. The average Bonchev–Trinajstić information content (AvgIpc) is 2.37. The lowest BCUT2D eigenvalue weighted by Gasteiger charge is -2.12. The molecule has 1 aliphatic heterocycles. The lowest BCUT2D eigenvalue weighted by Crippen LogP contribution is -2.30. The van der Waals surface area contributed by atoms with Crippen LogP contribution in [-0.4, -0.2) is 32.0 Å². The molecule has 0 amide bonds. The first-order chi connectivity index (χ1) is 5.05. The molecule has 1 saturated heterocycles. The van der Waals surface area contributed by atoms with Crippen molar-refractivity contribution in [1.29, 1.82) is 0 Å². The molecule has 0 aromatic rings. The van der Waals surface area contributed by atoms with Gasteiger partial charge in [0.2, 0.25) is 0 Å². The zero-order chi connectivity index (χ0) is 8.48. The molecule has 1 N–H and O–H groups in total. The van der Waals surface area contributed by atoms with E-state index in [2.05, 4.69) is 5.32 Å². The first kappa shape index (κ1) is 12.2. The summed E-state index contributed by atoms with van der Waals surface area (Å²) in [7, 11) is -2.84. The molecule has 0 aromatic carbocycles. The number of hydrogen-bond donors (Lipinski definition) is 1. The van der Waals surface area contributed by atoms with Gasteiger partial charge in [0.1, 0.15) is 0 Å². The van der Waals surface area contributed by atoms with Crippen molar-refractivity contribution in [2.24, 2.45) is 0 Å². The topological polar surface area (TPSA) is 46.2 Å². The van der Waals surface area contributed by atoms with Gasteiger partial charge in [-0.1, -0.05) is 0 Å². The SMILES string of the molecule is CC(C)S(=O)(=O)C1CCNC1.Cl. The van der Waals surface area contributed by atoms with Crippen molar-refractivity contribution >= 4 is 22.2 Å². The predicted octanol–water partition coefficient (Wildman–Crippen LogP) is 0.593. The fourth-order valence-electron chi connectivity index (χ4n) is 1.29. The van der Waals surface area contributed by atoms with Gasteiger partial charge in [-0.15, -0.1) is 12.4 Å². The van der Waals surface area contributed by atoms with E-state index in [-0.39, 0.29) is 22.9 Å². The van der Waals surface area contributed by atoms with Gasteiger partial charge in [-0.3, -0.25) is 0 Å². The van der Waals surface area contributed by atoms with Crippen molar-refractivity contribution in [3.8, 4) is 0 Å². The van der Waals surface area contributed by atoms with Crippen LogP contribution in [0, 0.1) is 0 Å². The second-order valence-electron chi connectivity index (χ2n) is 3.25. The van der Waals surface area contributed by atoms with Crippen molar-refractivity contribution in [2.45, 2.75) is 30.8 Å². The third-order valence-electron chi connectivity index (χ3n) is 2.14. The Kier molecular flexibility index (Phi) is 4.51. The minimum Gasteiger partial charge on any atom is -0.315 e. The summed E-state index contributed by atoms with van der Waals surface area (Å²) in [6.07, 6.45) is 0.778. The van der Waals surface area contributed by atoms with Crippen LogP contribution >= 0.6 is 12.4 Å². The van der Waals surface area contributed by atoms with Crippen molar-refractivity contribution < 1.29 is 8.42 Å². The Morgan fingerprint density at radius 1 is 1.42 bits per heavy atom. The monoisotopic (exact) mass is 213 g/mol. The number of sulfone groups is 1. The summed E-state index contributed by atoms with van der Waals surface area (Å²) in [5.41, 5.74) is 0. The molecular formula is C7H16ClNO2S. The smallest absolute Gasteiger partial charge is 0.156 e. The summed E-state index contributed by atoms with van der Waals surface area (Å²) in [6, 6.07) is 0. The van der Waals surface area contributed by atoms with E-state index in [1.54, 1.807) is 13.8 Å². The Labute approximate surface area is 80.3 Å². The van der Waals surface area contributed by atoms with Gasteiger partial charge < -0.3 is 5.32 Å². The molecular weight excluding hydrogens is 198 g/mol. The maximum absolute atomic E-state index is 11.5. The summed E-state index contributed by atoms with van der Waals surface area (Å²) in [5.74, 6) is 0. The lowest BCUT2D eigenvalue weighted by atomic mass is 10.4. The Bertz CT molecular complexity index is 220. The molecule has 1 atom stereocenters. The Morgan fingerprint density at radius 3 is 2.33 bits per heavy atom. The summed E-state index contributed by atoms with van der Waals surface area (Å²) in [6.45, 7) is 4.97. The Balaban J connectivity index is 0.00000121. The van der Waals surface area contributed by atoms with Gasteiger partial charge in [0, 0.05) is 6.54 Å². The molecule has 0 aliphatic carbocycles. The van der Waals surface area contributed by atoms with E-state index < -0.39 is 9.84 Å². The fourth-order valence-corrected chi connectivity index (χ4v) is 2.86. The Hall–Kier alpha value is 0.200. The zero-order valence-electron chi connectivity index (χ0n) is 7.41. The van der Waals surface area contributed by atoms with Crippen LogP contribution < -0.4 is 5.32 Å². The number of halogens is 1. The van der Waals surface area contributed by atoms with Crippen LogP contribution in [0.2, 0.25) is 0 Å². The third-order valence-corrected chi connectivity index (χ3v) is 4.78. The van der Waals surface area contributed by atoms with Crippen molar-refractivity contribution in [3.63, 3.8) is 0 Å². The van der Waals surface area contributed by atoms with Gasteiger partial charge in [-0.05, 0) is 26.8 Å². The molecule has 1 rings (SSSR count). The van der Waals surface area contributed by atoms with E-state index in [0.29, 0.717) is 6.54 Å². The fraction of sp³-hybridized carbons (Fsp3) is 1.00. The van der Waals surface area contributed by atoms with Crippen LogP contribution in [0.5, 0.6) is 0 Å². The highest BCUT2D eigenvalue weighted by Gasteiger charge is 2.30. The van der Waals surface area contributed by atoms with Crippen molar-refractivity contribution in [2.75, 3.05) is 13.1 Å². The Morgan fingerprint density at radius 2 is 2.00 bits per heavy atom. The third kappa shape index (κ3) is 2.34. The van der Waals surface area contributed by atoms with Gasteiger partial charge in [0.25, 0.3) is 0 Å². The molecule has 1 heterocycles. The molecule has 0 saturated carbocycles. The van der Waals surface area contributed by atoms with Crippen LogP contribution in [0.1, 0.15) is 20.3 Å². The molecule has 74 valence electrons. The van der Waals surface area contributed by atoms with E-state index in [1.807, 2.05) is 0 Å². The number of nitrogens with one attached hydrogen (secondary N) is 1. The zero-order valence-corrected chi connectivity index (χ0v) is 9.04. The lowest BCUT2D eigenvalue weighted by molar-refractivity contribution is 0.574. The standard InChI is InChI=1S/C7H15NO2S.ClH/c1-6(2)11(9,10)7-3-4-8-5-7;/h6-8H,3-5H2,1-2H3;1H. The van der Waals surface area contributed by atoms with Crippen molar-refractivity contribution in [3.05, 3.63) is 0 Å². The summed E-state index contributed by atoms with van der Waals surface area (Å²) < 4.78 is 23.0. The second-order valence-corrected chi connectivity index (χ2v) is 6.04. The van der Waals surface area contributed by atoms with Gasteiger partial charge >= 0.3 is 0 Å². The molecule has 1 aliphatic rings. The van der Waals surface area contributed by atoms with Crippen molar-refractivity contribution in [1.82, 2.24) is 5.32 Å². The minimum absolute atomic E-state index is 0. The molecule has 0 bridgehead atoms. The van der Waals surface area contributed by atoms with E-state index >= 15 is 0 Å². The van der Waals surface area contributed by atoms with Gasteiger partial charge in [0.05, 0.1) is 10.5 Å². The summed E-state index contributed by atoms with van der Waals surface area (Å²) >= 11 is 0. The van der Waals surface area contributed by atoms with E-state index in [0.717, 1.165) is 13.0 Å². The highest BCUT2D eigenvalue weighted by Crippen LogP contribution is 2.14. The maximum atomic E-state index is 11.5. The first-order valence-electron chi connectivity index (χ1n) is 3.98. The largest absolute Gasteiger partial charge is 0.315 e. The molecule has 1 unspecified atom stereocenters. The van der Waals surface area contributed by atoms with Crippen LogP contribution in [-0.2, 0) is 9.84 Å². The highest BCUT2D eigenvalue weighted by molar-refractivity contribution is 7.92. The van der Waals surface area contributed by atoms with Crippen LogP contribution in [0.4, 0.5) is 0 Å². The number of rotatable bonds is 2. The minimum atomic E-state index is -2.84. The van der Waals surface area contributed by atoms with Crippen LogP contribution in [0.3, 0.4) is 0 Å². The van der Waals surface area contributed by atoms with Gasteiger partial charge in [-0.2, -0.15) is 0 Å². The molecule has 5 heteroatoms. The molecule has 12 heavy (non-hydrogen) atoms. The molecule has 0 spiro atoms. The molecule has 0 radical (unpaired) electrons. The van der Waals surface area contributed by atoms with E-state index in [4.69, 9.17) is 0 Å². The molecule has 0 aromatic heterocycles. The molecule has 1 fully saturated rings. The van der Waals surface area contributed by atoms with Crippen LogP contribution in [0.15, 0.2) is 0 Å².